The van der Waals surface area contributed by atoms with Crippen molar-refractivity contribution in [3.63, 3.8) is 0 Å². The molecule has 0 spiro atoms. The van der Waals surface area contributed by atoms with Crippen molar-refractivity contribution >= 4 is 11.6 Å². The first-order valence-corrected chi connectivity index (χ1v) is 6.81. The summed E-state index contributed by atoms with van der Waals surface area (Å²) in [6.07, 6.45) is 0. The molecule has 0 radical (unpaired) electrons. The van der Waals surface area contributed by atoms with Crippen LogP contribution in [0.5, 0.6) is 0 Å². The number of pyridine rings is 1. The second-order valence-corrected chi connectivity index (χ2v) is 5.01. The first-order chi connectivity index (χ1) is 10.0. The maximum absolute atomic E-state index is 11.6. The molecule has 0 aliphatic carbocycles. The van der Waals surface area contributed by atoms with E-state index in [1.54, 1.807) is 6.92 Å². The number of benzene rings is 1. The summed E-state index contributed by atoms with van der Waals surface area (Å²) in [6.45, 7) is 4.81. The van der Waals surface area contributed by atoms with Crippen LogP contribution >= 0.6 is 0 Å². The number of primary amides is 1. The molecule has 0 saturated heterocycles. The monoisotopic (exact) mass is 284 g/mol. The Kier molecular flexibility index (Phi) is 4.55. The minimum absolute atomic E-state index is 0.444. The molecule has 2 rings (SSSR count). The Labute approximate surface area is 124 Å². The van der Waals surface area contributed by atoms with E-state index in [1.165, 1.54) is 0 Å². The number of hydrogen-bond donors (Lipinski definition) is 3. The SMILES string of the molecule is Cc1cc(NCc2ccc(CN)cc2)c(C(N)=O)c(C)n1. The van der Waals surface area contributed by atoms with Crippen molar-refractivity contribution in [3.8, 4) is 0 Å². The summed E-state index contributed by atoms with van der Waals surface area (Å²) in [5.74, 6) is -0.471. The standard InChI is InChI=1S/C16H20N4O/c1-10-7-14(15(16(18)21)11(2)20-10)19-9-13-5-3-12(8-17)4-6-13/h3-7H,8-9,17H2,1-2H3,(H2,18,21)(H,19,20). The Bertz CT molecular complexity index is 650. The minimum Gasteiger partial charge on any atom is -0.380 e. The Morgan fingerprint density at radius 2 is 1.81 bits per heavy atom. The first-order valence-electron chi connectivity index (χ1n) is 6.81. The molecule has 21 heavy (non-hydrogen) atoms. The number of nitrogens with zero attached hydrogens (tertiary/aromatic N) is 1. The molecule has 0 bridgehead atoms. The molecule has 110 valence electrons. The van der Waals surface area contributed by atoms with Gasteiger partial charge in [0.05, 0.1) is 16.9 Å². The third-order valence-electron chi connectivity index (χ3n) is 3.32. The Balaban J connectivity index is 2.20. The van der Waals surface area contributed by atoms with Crippen LogP contribution in [0.2, 0.25) is 0 Å². The molecule has 1 amide bonds. The lowest BCUT2D eigenvalue weighted by Gasteiger charge is -2.13. The molecule has 0 unspecified atom stereocenters. The average Bonchev–Trinajstić information content (AvgIpc) is 2.44. The normalized spacial score (nSPS) is 10.4. The van der Waals surface area contributed by atoms with E-state index in [-0.39, 0.29) is 0 Å². The molecule has 0 atom stereocenters. The van der Waals surface area contributed by atoms with Crippen molar-refractivity contribution < 1.29 is 4.79 Å². The highest BCUT2D eigenvalue weighted by molar-refractivity contribution is 5.99. The Morgan fingerprint density at radius 3 is 2.38 bits per heavy atom. The lowest BCUT2D eigenvalue weighted by atomic mass is 10.1. The molecule has 1 heterocycles. The number of hydrogen-bond acceptors (Lipinski definition) is 4. The highest BCUT2D eigenvalue weighted by Crippen LogP contribution is 2.20. The molecule has 0 fully saturated rings. The van der Waals surface area contributed by atoms with Gasteiger partial charge >= 0.3 is 0 Å². The molecule has 5 heteroatoms. The van der Waals surface area contributed by atoms with Crippen LogP contribution < -0.4 is 16.8 Å². The van der Waals surface area contributed by atoms with Crippen LogP contribution in [-0.4, -0.2) is 10.9 Å². The predicted molar refractivity (Wildman–Crippen MR) is 83.9 cm³/mol. The summed E-state index contributed by atoms with van der Waals surface area (Å²) in [5.41, 5.74) is 15.9. The molecule has 0 aliphatic rings. The number of aryl methyl sites for hydroxylation is 2. The molecule has 2 aromatic rings. The van der Waals surface area contributed by atoms with E-state index in [4.69, 9.17) is 11.5 Å². The number of anilines is 1. The van der Waals surface area contributed by atoms with Crippen LogP contribution in [0.4, 0.5) is 5.69 Å². The molecule has 5 nitrogen and oxygen atoms in total. The van der Waals surface area contributed by atoms with Gasteiger partial charge in [0.15, 0.2) is 0 Å². The maximum Gasteiger partial charge on any atom is 0.252 e. The Morgan fingerprint density at radius 1 is 1.19 bits per heavy atom. The van der Waals surface area contributed by atoms with Gasteiger partial charge in [0.2, 0.25) is 0 Å². The quantitative estimate of drug-likeness (QED) is 0.781. The number of nitrogens with one attached hydrogen (secondary N) is 1. The highest BCUT2D eigenvalue weighted by atomic mass is 16.1. The molecule has 1 aromatic carbocycles. The van der Waals surface area contributed by atoms with E-state index in [0.717, 1.165) is 22.5 Å². The van der Waals surface area contributed by atoms with E-state index in [9.17, 15) is 4.79 Å². The predicted octanol–water partition coefficient (Wildman–Crippen LogP) is 1.87. The van der Waals surface area contributed by atoms with E-state index in [1.807, 2.05) is 37.3 Å². The Hall–Kier alpha value is -2.40. The van der Waals surface area contributed by atoms with Crippen LogP contribution in [0.15, 0.2) is 30.3 Å². The van der Waals surface area contributed by atoms with E-state index in [2.05, 4.69) is 10.3 Å². The zero-order chi connectivity index (χ0) is 15.4. The fourth-order valence-electron chi connectivity index (χ4n) is 2.27. The first kappa shape index (κ1) is 15.0. The van der Waals surface area contributed by atoms with Gasteiger partial charge in [-0.2, -0.15) is 0 Å². The summed E-state index contributed by atoms with van der Waals surface area (Å²) >= 11 is 0. The van der Waals surface area contributed by atoms with Crippen molar-refractivity contribution in [2.75, 3.05) is 5.32 Å². The van der Waals surface area contributed by atoms with Gasteiger partial charge in [-0.3, -0.25) is 9.78 Å². The number of nitrogens with two attached hydrogens (primary N) is 2. The van der Waals surface area contributed by atoms with Crippen LogP contribution in [0.3, 0.4) is 0 Å². The lowest BCUT2D eigenvalue weighted by Crippen LogP contribution is -2.17. The van der Waals surface area contributed by atoms with Gasteiger partial charge < -0.3 is 16.8 Å². The van der Waals surface area contributed by atoms with Gasteiger partial charge in [-0.1, -0.05) is 24.3 Å². The smallest absolute Gasteiger partial charge is 0.252 e. The molecular weight excluding hydrogens is 264 g/mol. The van der Waals surface area contributed by atoms with Crippen molar-refractivity contribution in [2.45, 2.75) is 26.9 Å². The van der Waals surface area contributed by atoms with Gasteiger partial charge in [0, 0.05) is 18.8 Å². The van der Waals surface area contributed by atoms with Crippen LogP contribution in [-0.2, 0) is 13.1 Å². The van der Waals surface area contributed by atoms with E-state index < -0.39 is 5.91 Å². The number of rotatable bonds is 5. The summed E-state index contributed by atoms with van der Waals surface area (Å²) in [6, 6.07) is 9.85. The van der Waals surface area contributed by atoms with Crippen molar-refractivity contribution in [1.82, 2.24) is 4.98 Å². The van der Waals surface area contributed by atoms with Crippen molar-refractivity contribution in [2.24, 2.45) is 11.5 Å². The second-order valence-electron chi connectivity index (χ2n) is 5.01. The summed E-state index contributed by atoms with van der Waals surface area (Å²) in [4.78, 5) is 15.9. The van der Waals surface area contributed by atoms with Gasteiger partial charge in [-0.15, -0.1) is 0 Å². The fourth-order valence-corrected chi connectivity index (χ4v) is 2.27. The molecule has 1 aromatic heterocycles. The molecular formula is C16H20N4O. The minimum atomic E-state index is -0.471. The molecule has 5 N–H and O–H groups in total. The number of carbonyl (C=O) groups is 1. The number of aromatic nitrogens is 1. The van der Waals surface area contributed by atoms with Gasteiger partial charge in [0.25, 0.3) is 5.91 Å². The molecule has 0 aliphatic heterocycles. The van der Waals surface area contributed by atoms with E-state index in [0.29, 0.717) is 24.3 Å². The summed E-state index contributed by atoms with van der Waals surface area (Å²) < 4.78 is 0. The third-order valence-corrected chi connectivity index (χ3v) is 3.32. The van der Waals surface area contributed by atoms with Crippen molar-refractivity contribution in [1.29, 1.82) is 0 Å². The van der Waals surface area contributed by atoms with E-state index >= 15 is 0 Å². The van der Waals surface area contributed by atoms with Crippen LogP contribution in [0.1, 0.15) is 32.9 Å². The van der Waals surface area contributed by atoms with Gasteiger partial charge in [-0.05, 0) is 31.0 Å². The summed E-state index contributed by atoms with van der Waals surface area (Å²) in [7, 11) is 0. The zero-order valence-electron chi connectivity index (χ0n) is 12.3. The third kappa shape index (κ3) is 3.58. The van der Waals surface area contributed by atoms with Gasteiger partial charge in [0.1, 0.15) is 0 Å². The highest BCUT2D eigenvalue weighted by Gasteiger charge is 2.13. The second kappa shape index (κ2) is 6.37. The maximum atomic E-state index is 11.6. The van der Waals surface area contributed by atoms with Crippen molar-refractivity contribution in [3.05, 3.63) is 58.4 Å². The number of carbonyl (C=O) groups excluding carboxylic acids is 1. The largest absolute Gasteiger partial charge is 0.380 e. The van der Waals surface area contributed by atoms with Gasteiger partial charge in [-0.25, -0.2) is 0 Å². The van der Waals surface area contributed by atoms with Crippen LogP contribution in [0.25, 0.3) is 0 Å². The van der Waals surface area contributed by atoms with Crippen LogP contribution in [0, 0.1) is 13.8 Å². The zero-order valence-corrected chi connectivity index (χ0v) is 12.3. The number of amides is 1. The fraction of sp³-hybridized carbons (Fsp3) is 0.250. The lowest BCUT2D eigenvalue weighted by molar-refractivity contribution is 0.1000. The average molecular weight is 284 g/mol. The molecule has 0 saturated carbocycles. The topological polar surface area (TPSA) is 94.0 Å². The summed E-state index contributed by atoms with van der Waals surface area (Å²) in [5, 5.41) is 3.26.